The summed E-state index contributed by atoms with van der Waals surface area (Å²) in [4.78, 5) is 16.0. The van der Waals surface area contributed by atoms with E-state index in [0.717, 1.165) is 49.8 Å². The summed E-state index contributed by atoms with van der Waals surface area (Å²) in [6.07, 6.45) is 0. The fourth-order valence-corrected chi connectivity index (χ4v) is 9.77. The second-order valence-corrected chi connectivity index (χ2v) is 16.8. The van der Waals surface area contributed by atoms with Gasteiger partial charge in [-0.05, 0) is 73.0 Å². The molecule has 4 heteroatoms. The Balaban J connectivity index is 1.12. The van der Waals surface area contributed by atoms with Crippen molar-refractivity contribution in [2.75, 3.05) is 0 Å². The van der Waals surface area contributed by atoms with Gasteiger partial charge in [0.15, 0.2) is 11.6 Å². The number of rotatable bonds is 6. The molecule has 2 aromatic heterocycles. The van der Waals surface area contributed by atoms with Gasteiger partial charge < -0.3 is 0 Å². The lowest BCUT2D eigenvalue weighted by molar-refractivity contribution is 0.660. The van der Waals surface area contributed by atoms with E-state index in [9.17, 15) is 0 Å². The topological polar surface area (TPSA) is 43.6 Å². The summed E-state index contributed by atoms with van der Waals surface area (Å²) in [7, 11) is 0. The maximum absolute atomic E-state index is 5.40. The van der Waals surface area contributed by atoms with Gasteiger partial charge in [0.2, 0.25) is 5.95 Å². The van der Waals surface area contributed by atoms with E-state index in [4.69, 9.17) is 15.0 Å². The predicted molar refractivity (Wildman–Crippen MR) is 256 cm³/mol. The molecule has 0 spiro atoms. The molecule has 0 saturated carbocycles. The molecule has 4 nitrogen and oxygen atoms in total. The quantitative estimate of drug-likeness (QED) is 0.168. The van der Waals surface area contributed by atoms with Crippen LogP contribution in [-0.4, -0.2) is 19.5 Å². The molecule has 11 aromatic rings. The maximum Gasteiger partial charge on any atom is 0.238 e. The van der Waals surface area contributed by atoms with Crippen LogP contribution in [-0.2, 0) is 5.41 Å². The van der Waals surface area contributed by atoms with Gasteiger partial charge >= 0.3 is 0 Å². The number of benzene rings is 9. The standard InChI is InChI=1S/C58H40N4/c1-58(2)50-23-12-11-20-47(50)49-36-44(32-34-51(49)58)46-21-13-22-48-53-45-19-10-9-18-41(45)33-35-52(53)62(54(46)48)57-60-55(42-28-24-39(25-29-42)37-14-5-3-6-15-37)59-56(61-57)43-30-26-40(27-31-43)38-16-7-4-8-17-38/h3-36H,1-2H3. The number of fused-ring (bicyclic) bond motifs is 8. The highest BCUT2D eigenvalue weighted by molar-refractivity contribution is 6.23. The summed E-state index contributed by atoms with van der Waals surface area (Å²) in [6, 6.07) is 73.7. The van der Waals surface area contributed by atoms with E-state index in [1.165, 1.54) is 49.5 Å². The van der Waals surface area contributed by atoms with E-state index in [1.54, 1.807) is 0 Å². The molecule has 0 radical (unpaired) electrons. The fourth-order valence-electron chi connectivity index (χ4n) is 9.77. The number of hydrogen-bond donors (Lipinski definition) is 0. The number of hydrogen-bond acceptors (Lipinski definition) is 3. The summed E-state index contributed by atoms with van der Waals surface area (Å²) in [6.45, 7) is 4.67. The molecule has 0 fully saturated rings. The van der Waals surface area contributed by atoms with Crippen LogP contribution in [0.15, 0.2) is 206 Å². The average molecular weight is 793 g/mol. The molecule has 12 rings (SSSR count). The van der Waals surface area contributed by atoms with Crippen molar-refractivity contribution in [3.8, 4) is 73.2 Å². The zero-order valence-corrected chi connectivity index (χ0v) is 34.4. The van der Waals surface area contributed by atoms with E-state index in [0.29, 0.717) is 17.6 Å². The van der Waals surface area contributed by atoms with Crippen molar-refractivity contribution in [1.29, 1.82) is 0 Å². The number of para-hydroxylation sites is 1. The largest absolute Gasteiger partial charge is 0.277 e. The zero-order chi connectivity index (χ0) is 41.4. The Kier molecular flexibility index (Phi) is 8.16. The normalized spacial score (nSPS) is 12.8. The van der Waals surface area contributed by atoms with E-state index in [1.807, 2.05) is 12.1 Å². The van der Waals surface area contributed by atoms with E-state index in [2.05, 4.69) is 213 Å². The first-order valence-corrected chi connectivity index (χ1v) is 21.3. The summed E-state index contributed by atoms with van der Waals surface area (Å²) in [5.74, 6) is 1.79. The minimum absolute atomic E-state index is 0.0828. The number of aromatic nitrogens is 4. The second-order valence-electron chi connectivity index (χ2n) is 16.8. The molecule has 62 heavy (non-hydrogen) atoms. The second kappa shape index (κ2) is 14.1. The van der Waals surface area contributed by atoms with E-state index < -0.39 is 0 Å². The Bertz CT molecular complexity index is 3410. The van der Waals surface area contributed by atoms with Crippen molar-refractivity contribution in [3.63, 3.8) is 0 Å². The molecular formula is C58H40N4. The van der Waals surface area contributed by atoms with Crippen molar-refractivity contribution < 1.29 is 0 Å². The molecule has 0 aliphatic heterocycles. The SMILES string of the molecule is CC1(C)c2ccccc2-c2cc(-c3cccc4c5c6ccccc6ccc5n(-c5nc(-c6ccc(-c7ccccc7)cc6)nc(-c6ccc(-c7ccccc7)cc6)n5)c34)ccc21. The minimum Gasteiger partial charge on any atom is -0.277 e. The van der Waals surface area contributed by atoms with Crippen LogP contribution in [0.3, 0.4) is 0 Å². The molecule has 0 atom stereocenters. The van der Waals surface area contributed by atoms with Crippen molar-refractivity contribution in [1.82, 2.24) is 19.5 Å². The third kappa shape index (κ3) is 5.72. The van der Waals surface area contributed by atoms with E-state index in [-0.39, 0.29) is 5.41 Å². The minimum atomic E-state index is -0.0828. The molecule has 0 amide bonds. The summed E-state index contributed by atoms with van der Waals surface area (Å²) in [5.41, 5.74) is 16.0. The lowest BCUT2D eigenvalue weighted by Crippen LogP contribution is -2.14. The highest BCUT2D eigenvalue weighted by atomic mass is 15.2. The van der Waals surface area contributed by atoms with Crippen LogP contribution in [0.1, 0.15) is 25.0 Å². The molecule has 0 bridgehead atoms. The molecular weight excluding hydrogens is 753 g/mol. The predicted octanol–water partition coefficient (Wildman–Crippen LogP) is 14.8. The molecule has 1 aliphatic carbocycles. The Morgan fingerprint density at radius 2 is 0.887 bits per heavy atom. The smallest absolute Gasteiger partial charge is 0.238 e. The van der Waals surface area contributed by atoms with Crippen molar-refractivity contribution in [2.45, 2.75) is 19.3 Å². The highest BCUT2D eigenvalue weighted by Crippen LogP contribution is 2.50. The maximum atomic E-state index is 5.40. The Hall–Kier alpha value is -7.95. The van der Waals surface area contributed by atoms with Gasteiger partial charge in [0.1, 0.15) is 0 Å². The molecule has 2 heterocycles. The van der Waals surface area contributed by atoms with Crippen LogP contribution in [0, 0.1) is 0 Å². The molecule has 0 saturated heterocycles. The Morgan fingerprint density at radius 3 is 1.56 bits per heavy atom. The summed E-state index contributed by atoms with van der Waals surface area (Å²) >= 11 is 0. The van der Waals surface area contributed by atoms with Crippen LogP contribution < -0.4 is 0 Å². The van der Waals surface area contributed by atoms with Gasteiger partial charge in [-0.25, -0.2) is 4.98 Å². The Labute approximate surface area is 360 Å². The monoisotopic (exact) mass is 792 g/mol. The van der Waals surface area contributed by atoms with Crippen LogP contribution in [0.2, 0.25) is 0 Å². The van der Waals surface area contributed by atoms with Gasteiger partial charge in [-0.3, -0.25) is 4.57 Å². The van der Waals surface area contributed by atoms with Gasteiger partial charge in [0.05, 0.1) is 11.0 Å². The van der Waals surface area contributed by atoms with E-state index >= 15 is 0 Å². The van der Waals surface area contributed by atoms with Gasteiger partial charge in [-0.15, -0.1) is 0 Å². The zero-order valence-electron chi connectivity index (χ0n) is 34.4. The molecule has 0 unspecified atom stereocenters. The van der Waals surface area contributed by atoms with Gasteiger partial charge in [-0.2, -0.15) is 9.97 Å². The van der Waals surface area contributed by atoms with Crippen LogP contribution in [0.5, 0.6) is 0 Å². The third-order valence-corrected chi connectivity index (χ3v) is 12.9. The first-order chi connectivity index (χ1) is 30.5. The van der Waals surface area contributed by atoms with Crippen molar-refractivity contribution in [3.05, 3.63) is 217 Å². The van der Waals surface area contributed by atoms with Crippen LogP contribution in [0.25, 0.3) is 106 Å². The first kappa shape index (κ1) is 35.9. The van der Waals surface area contributed by atoms with Crippen molar-refractivity contribution >= 4 is 32.6 Å². The summed E-state index contributed by atoms with van der Waals surface area (Å²) < 4.78 is 2.28. The lowest BCUT2D eigenvalue weighted by atomic mass is 9.82. The average Bonchev–Trinajstić information content (AvgIpc) is 3.80. The number of nitrogens with zero attached hydrogens (tertiary/aromatic N) is 4. The molecule has 0 N–H and O–H groups in total. The lowest BCUT2D eigenvalue weighted by Gasteiger charge is -2.21. The van der Waals surface area contributed by atoms with Gasteiger partial charge in [0, 0.05) is 32.9 Å². The molecule has 1 aliphatic rings. The molecule has 292 valence electrons. The Morgan fingerprint density at radius 1 is 0.371 bits per heavy atom. The fraction of sp³-hybridized carbons (Fsp3) is 0.0517. The highest BCUT2D eigenvalue weighted by Gasteiger charge is 2.35. The third-order valence-electron chi connectivity index (χ3n) is 12.9. The van der Waals surface area contributed by atoms with Crippen LogP contribution in [0.4, 0.5) is 0 Å². The van der Waals surface area contributed by atoms with Crippen LogP contribution >= 0.6 is 0 Å². The van der Waals surface area contributed by atoms with Gasteiger partial charge in [0.25, 0.3) is 0 Å². The summed E-state index contributed by atoms with van der Waals surface area (Å²) in [5, 5.41) is 4.71. The van der Waals surface area contributed by atoms with Gasteiger partial charge in [-0.1, -0.05) is 208 Å². The van der Waals surface area contributed by atoms with Crippen molar-refractivity contribution in [2.24, 2.45) is 0 Å². The molecule has 9 aromatic carbocycles. The first-order valence-electron chi connectivity index (χ1n) is 21.3.